The second-order valence-electron chi connectivity index (χ2n) is 5.67. The minimum atomic E-state index is -0.567. The molecule has 0 aliphatic carbocycles. The van der Waals surface area contributed by atoms with E-state index in [-0.39, 0.29) is 30.7 Å². The van der Waals surface area contributed by atoms with Crippen molar-refractivity contribution in [2.45, 2.75) is 51.3 Å². The second-order valence-corrected chi connectivity index (χ2v) is 5.67. The Bertz CT molecular complexity index is 538. The Morgan fingerprint density at radius 3 is 2.70 bits per heavy atom. The summed E-state index contributed by atoms with van der Waals surface area (Å²) in [5, 5.41) is 0. The molecule has 5 heteroatoms. The molecular weight excluding hydrogens is 296 g/mol. The van der Waals surface area contributed by atoms with Gasteiger partial charge in [-0.3, -0.25) is 9.59 Å². The molecule has 1 saturated heterocycles. The molecule has 5 nitrogen and oxygen atoms in total. The van der Waals surface area contributed by atoms with Gasteiger partial charge in [0.2, 0.25) is 0 Å². The topological polar surface area (TPSA) is 61.8 Å². The number of carbonyl (C=O) groups excluding carboxylic acids is 2. The molecule has 2 rings (SSSR count). The van der Waals surface area contributed by atoms with E-state index in [2.05, 4.69) is 0 Å². The summed E-state index contributed by atoms with van der Waals surface area (Å²) in [7, 11) is 0. The van der Waals surface area contributed by atoms with Crippen molar-refractivity contribution in [2.75, 3.05) is 0 Å². The molecule has 124 valence electrons. The van der Waals surface area contributed by atoms with Crippen molar-refractivity contribution in [3.8, 4) is 0 Å². The monoisotopic (exact) mass is 318 g/mol. The molecule has 0 N–H and O–H groups in total. The summed E-state index contributed by atoms with van der Waals surface area (Å²) < 4.78 is 16.9. The molecule has 0 saturated carbocycles. The van der Waals surface area contributed by atoms with E-state index in [1.54, 1.807) is 6.08 Å². The van der Waals surface area contributed by atoms with Gasteiger partial charge in [-0.25, -0.2) is 0 Å². The summed E-state index contributed by atoms with van der Waals surface area (Å²) >= 11 is 0. The van der Waals surface area contributed by atoms with Crippen LogP contribution >= 0.6 is 0 Å². The molecule has 3 atom stereocenters. The summed E-state index contributed by atoms with van der Waals surface area (Å²) in [6.07, 6.45) is 3.14. The van der Waals surface area contributed by atoms with E-state index in [1.165, 1.54) is 6.08 Å². The number of aldehydes is 1. The lowest BCUT2D eigenvalue weighted by Gasteiger charge is -2.34. The van der Waals surface area contributed by atoms with Gasteiger partial charge in [0.05, 0.1) is 24.7 Å². The Labute approximate surface area is 136 Å². The van der Waals surface area contributed by atoms with Gasteiger partial charge >= 0.3 is 5.97 Å². The molecule has 1 fully saturated rings. The van der Waals surface area contributed by atoms with Crippen LogP contribution in [0.25, 0.3) is 0 Å². The van der Waals surface area contributed by atoms with Crippen molar-refractivity contribution in [2.24, 2.45) is 0 Å². The fourth-order valence-electron chi connectivity index (χ4n) is 2.42. The van der Waals surface area contributed by atoms with Gasteiger partial charge in [-0.1, -0.05) is 36.4 Å². The number of ether oxygens (including phenoxy) is 3. The van der Waals surface area contributed by atoms with Crippen molar-refractivity contribution in [3.63, 3.8) is 0 Å². The minimum absolute atomic E-state index is 0.155. The number of benzene rings is 1. The van der Waals surface area contributed by atoms with Gasteiger partial charge in [-0.05, 0) is 19.9 Å². The first-order valence-corrected chi connectivity index (χ1v) is 7.75. The number of hydrogen-bond donors (Lipinski definition) is 0. The highest BCUT2D eigenvalue weighted by Crippen LogP contribution is 2.31. The molecule has 1 aliphatic heterocycles. The van der Waals surface area contributed by atoms with Crippen LogP contribution in [0, 0.1) is 0 Å². The zero-order valence-corrected chi connectivity index (χ0v) is 13.4. The van der Waals surface area contributed by atoms with Crippen LogP contribution in [0.15, 0.2) is 42.5 Å². The van der Waals surface area contributed by atoms with Crippen molar-refractivity contribution >= 4 is 12.3 Å². The number of hydrogen-bond acceptors (Lipinski definition) is 5. The van der Waals surface area contributed by atoms with Gasteiger partial charge in [0.15, 0.2) is 6.29 Å². The zero-order chi connectivity index (χ0) is 16.7. The lowest BCUT2D eigenvalue weighted by molar-refractivity contribution is -0.239. The molecule has 0 radical (unpaired) electrons. The maximum Gasteiger partial charge on any atom is 0.308 e. The SMILES string of the molecule is CC(C)OC(=O)C[C@H]1C[C@@H](/C=C/C=O)OC(c2ccccc2)O1. The van der Waals surface area contributed by atoms with Crippen LogP contribution < -0.4 is 0 Å². The first kappa shape index (κ1) is 17.4. The molecule has 1 aliphatic rings. The fraction of sp³-hybridized carbons (Fsp3) is 0.444. The van der Waals surface area contributed by atoms with Gasteiger partial charge in [-0.2, -0.15) is 0 Å². The van der Waals surface area contributed by atoms with Crippen LogP contribution in [-0.2, 0) is 23.8 Å². The largest absolute Gasteiger partial charge is 0.463 e. The lowest BCUT2D eigenvalue weighted by atomic mass is 10.1. The molecule has 1 aromatic rings. The molecule has 0 bridgehead atoms. The number of esters is 1. The Morgan fingerprint density at radius 2 is 2.04 bits per heavy atom. The summed E-state index contributed by atoms with van der Waals surface area (Å²) in [5.41, 5.74) is 0.874. The van der Waals surface area contributed by atoms with Gasteiger partial charge in [0.1, 0.15) is 6.29 Å². The first-order valence-electron chi connectivity index (χ1n) is 7.75. The Balaban J connectivity index is 2.07. The fourth-order valence-corrected chi connectivity index (χ4v) is 2.42. The average Bonchev–Trinajstić information content (AvgIpc) is 2.52. The van der Waals surface area contributed by atoms with Crippen molar-refractivity contribution in [3.05, 3.63) is 48.0 Å². The van der Waals surface area contributed by atoms with E-state index in [0.29, 0.717) is 12.7 Å². The Kier molecular flexibility index (Phi) is 6.50. The quantitative estimate of drug-likeness (QED) is 0.458. The predicted molar refractivity (Wildman–Crippen MR) is 84.6 cm³/mol. The van der Waals surface area contributed by atoms with Crippen LogP contribution in [0.1, 0.15) is 38.5 Å². The highest BCUT2D eigenvalue weighted by molar-refractivity contribution is 5.70. The van der Waals surface area contributed by atoms with Crippen LogP contribution in [-0.4, -0.2) is 30.6 Å². The molecule has 1 aromatic carbocycles. The van der Waals surface area contributed by atoms with Crippen LogP contribution in [0.2, 0.25) is 0 Å². The maximum absolute atomic E-state index is 11.9. The third kappa shape index (κ3) is 5.62. The molecule has 23 heavy (non-hydrogen) atoms. The third-order valence-corrected chi connectivity index (χ3v) is 3.35. The highest BCUT2D eigenvalue weighted by Gasteiger charge is 2.31. The van der Waals surface area contributed by atoms with E-state index in [0.717, 1.165) is 5.56 Å². The molecule has 1 heterocycles. The summed E-state index contributed by atoms with van der Waals surface area (Å²) in [4.78, 5) is 22.4. The van der Waals surface area contributed by atoms with E-state index in [1.807, 2.05) is 44.2 Å². The first-order chi connectivity index (χ1) is 11.1. The normalized spacial score (nSPS) is 24.7. The summed E-state index contributed by atoms with van der Waals surface area (Å²) in [5.74, 6) is -0.295. The zero-order valence-electron chi connectivity index (χ0n) is 13.4. The van der Waals surface area contributed by atoms with Gasteiger partial charge in [-0.15, -0.1) is 0 Å². The highest BCUT2D eigenvalue weighted by atomic mass is 16.7. The Hall–Kier alpha value is -1.98. The number of carbonyl (C=O) groups is 2. The van der Waals surface area contributed by atoms with Crippen molar-refractivity contribution < 1.29 is 23.8 Å². The second kappa shape index (κ2) is 8.60. The smallest absolute Gasteiger partial charge is 0.308 e. The van der Waals surface area contributed by atoms with Gasteiger partial charge in [0, 0.05) is 12.0 Å². The van der Waals surface area contributed by atoms with Gasteiger partial charge in [0.25, 0.3) is 0 Å². The summed E-state index contributed by atoms with van der Waals surface area (Å²) in [6, 6.07) is 9.51. The van der Waals surface area contributed by atoms with Crippen LogP contribution in [0.3, 0.4) is 0 Å². The molecule has 0 amide bonds. The number of allylic oxidation sites excluding steroid dienone is 1. The van der Waals surface area contributed by atoms with E-state index < -0.39 is 6.29 Å². The van der Waals surface area contributed by atoms with Gasteiger partial charge < -0.3 is 14.2 Å². The minimum Gasteiger partial charge on any atom is -0.463 e. The predicted octanol–water partition coefficient (Wildman–Crippen LogP) is 2.96. The third-order valence-electron chi connectivity index (χ3n) is 3.35. The lowest BCUT2D eigenvalue weighted by Crippen LogP contribution is -2.34. The van der Waals surface area contributed by atoms with Crippen molar-refractivity contribution in [1.29, 1.82) is 0 Å². The maximum atomic E-state index is 11.9. The standard InChI is InChI=1S/C18H22O5/c1-13(2)21-17(20)12-16-11-15(9-6-10-19)22-18(23-16)14-7-4-3-5-8-14/h3-10,13,15-16,18H,11-12H2,1-2H3/b9-6+/t15-,16-,18?/m1/s1. The van der Waals surface area contributed by atoms with E-state index >= 15 is 0 Å². The average molecular weight is 318 g/mol. The van der Waals surface area contributed by atoms with Crippen molar-refractivity contribution in [1.82, 2.24) is 0 Å². The molecule has 1 unspecified atom stereocenters. The van der Waals surface area contributed by atoms with Crippen LogP contribution in [0.5, 0.6) is 0 Å². The molecular formula is C18H22O5. The van der Waals surface area contributed by atoms with E-state index in [9.17, 15) is 9.59 Å². The number of rotatable bonds is 6. The van der Waals surface area contributed by atoms with E-state index in [4.69, 9.17) is 14.2 Å². The summed E-state index contributed by atoms with van der Waals surface area (Å²) in [6.45, 7) is 3.62. The van der Waals surface area contributed by atoms with Crippen LogP contribution in [0.4, 0.5) is 0 Å². The molecule has 0 spiro atoms. The molecule has 0 aromatic heterocycles. The Morgan fingerprint density at radius 1 is 1.30 bits per heavy atom.